The number of ether oxygens (including phenoxy) is 2. The number of hydrogen-bond acceptors (Lipinski definition) is 8. The first-order valence-electron chi connectivity index (χ1n) is 7.55. The fraction of sp³-hybridized carbons (Fsp3) is 0.188. The van der Waals surface area contributed by atoms with E-state index in [4.69, 9.17) is 9.47 Å². The van der Waals surface area contributed by atoms with Crippen LogP contribution in [0.2, 0.25) is 0 Å². The van der Waals surface area contributed by atoms with Crippen LogP contribution in [0.1, 0.15) is 10.7 Å². The van der Waals surface area contributed by atoms with Gasteiger partial charge >= 0.3 is 6.09 Å². The number of amides is 1. The molecule has 3 aromatic rings. The zero-order valence-corrected chi connectivity index (χ0v) is 15.8. The summed E-state index contributed by atoms with van der Waals surface area (Å²) in [5, 5.41) is 8.34. The van der Waals surface area contributed by atoms with E-state index in [1.165, 1.54) is 22.7 Å². The van der Waals surface area contributed by atoms with E-state index in [2.05, 4.69) is 20.6 Å². The minimum atomic E-state index is -0.785. The molecular weight excluding hydrogens is 398 g/mol. The van der Waals surface area contributed by atoms with E-state index < -0.39 is 17.7 Å². The van der Waals surface area contributed by atoms with E-state index in [0.29, 0.717) is 27.4 Å². The molecule has 1 amide bonds. The number of methoxy groups -OCH3 is 1. The second-order valence-corrected chi connectivity index (χ2v) is 7.30. The van der Waals surface area contributed by atoms with Crippen LogP contribution >= 0.6 is 22.7 Å². The number of carbonyl (C=O) groups excluding carboxylic acids is 1. The standard InChI is InChI=1S/C16H14F2N4O3S2/c1-8-19-13(14(27-8)20-11-4-9(17)3-10(18)5-11)25-16(23)22-15-21-12(6-24-2)7-26-15/h3-5,7,20H,6H2,1-2H3,(H,21,22,23). The molecule has 0 aliphatic carbocycles. The van der Waals surface area contributed by atoms with Crippen LogP contribution in [0.15, 0.2) is 23.6 Å². The third kappa shape index (κ3) is 5.18. The fourth-order valence-corrected chi connectivity index (χ4v) is 3.54. The number of aromatic nitrogens is 2. The topological polar surface area (TPSA) is 85.4 Å². The van der Waals surface area contributed by atoms with Crippen molar-refractivity contribution in [3.63, 3.8) is 0 Å². The summed E-state index contributed by atoms with van der Waals surface area (Å²) in [7, 11) is 1.55. The average Bonchev–Trinajstić information content (AvgIpc) is 3.13. The number of hydrogen-bond donors (Lipinski definition) is 2. The molecule has 142 valence electrons. The van der Waals surface area contributed by atoms with E-state index in [9.17, 15) is 13.6 Å². The largest absolute Gasteiger partial charge is 0.420 e. The number of aryl methyl sites for hydroxylation is 1. The second-order valence-electron chi connectivity index (χ2n) is 5.24. The maximum absolute atomic E-state index is 13.3. The summed E-state index contributed by atoms with van der Waals surface area (Å²) in [5.74, 6) is -1.46. The quantitative estimate of drug-likeness (QED) is 0.611. The molecule has 11 heteroatoms. The lowest BCUT2D eigenvalue weighted by atomic mass is 10.3. The number of rotatable bonds is 6. The lowest BCUT2D eigenvalue weighted by Crippen LogP contribution is -2.17. The minimum absolute atomic E-state index is 0.00617. The van der Waals surface area contributed by atoms with Crippen LogP contribution in [0.3, 0.4) is 0 Å². The summed E-state index contributed by atoms with van der Waals surface area (Å²) in [4.78, 5) is 20.4. The van der Waals surface area contributed by atoms with Crippen molar-refractivity contribution in [2.75, 3.05) is 17.7 Å². The van der Waals surface area contributed by atoms with Crippen molar-refractivity contribution in [1.29, 1.82) is 0 Å². The Morgan fingerprint density at radius 2 is 1.96 bits per heavy atom. The van der Waals surface area contributed by atoms with E-state index in [-0.39, 0.29) is 11.6 Å². The number of halogens is 2. The van der Waals surface area contributed by atoms with Gasteiger partial charge in [-0.1, -0.05) is 11.3 Å². The maximum Gasteiger partial charge on any atom is 0.420 e. The molecule has 0 saturated heterocycles. The van der Waals surface area contributed by atoms with Gasteiger partial charge in [0, 0.05) is 24.2 Å². The minimum Gasteiger partial charge on any atom is -0.388 e. The van der Waals surface area contributed by atoms with Gasteiger partial charge in [0.1, 0.15) is 11.6 Å². The smallest absolute Gasteiger partial charge is 0.388 e. The first-order chi connectivity index (χ1) is 12.9. The molecule has 7 nitrogen and oxygen atoms in total. The first kappa shape index (κ1) is 19.1. The lowest BCUT2D eigenvalue weighted by Gasteiger charge is -2.07. The molecule has 2 aromatic heterocycles. The third-order valence-electron chi connectivity index (χ3n) is 3.07. The summed E-state index contributed by atoms with van der Waals surface area (Å²) in [5.41, 5.74) is 0.850. The molecular formula is C16H14F2N4O3S2. The fourth-order valence-electron chi connectivity index (χ4n) is 2.09. The van der Waals surface area contributed by atoms with Gasteiger partial charge in [0.05, 0.1) is 17.3 Å². The van der Waals surface area contributed by atoms with Crippen LogP contribution in [0.5, 0.6) is 5.88 Å². The molecule has 0 saturated carbocycles. The Bertz CT molecular complexity index is 941. The monoisotopic (exact) mass is 412 g/mol. The van der Waals surface area contributed by atoms with Gasteiger partial charge in [-0.15, -0.1) is 11.3 Å². The highest BCUT2D eigenvalue weighted by atomic mass is 32.1. The van der Waals surface area contributed by atoms with Crippen LogP contribution < -0.4 is 15.4 Å². The third-order valence-corrected chi connectivity index (χ3v) is 4.74. The zero-order valence-electron chi connectivity index (χ0n) is 14.2. The molecule has 27 heavy (non-hydrogen) atoms. The molecule has 0 atom stereocenters. The first-order valence-corrected chi connectivity index (χ1v) is 9.25. The molecule has 0 aliphatic rings. The highest BCUT2D eigenvalue weighted by molar-refractivity contribution is 7.16. The highest BCUT2D eigenvalue weighted by Crippen LogP contribution is 2.34. The Kier molecular flexibility index (Phi) is 5.94. The Morgan fingerprint density at radius 3 is 2.67 bits per heavy atom. The summed E-state index contributed by atoms with van der Waals surface area (Å²) in [6.07, 6.45) is -0.785. The number of carbonyl (C=O) groups is 1. The predicted octanol–water partition coefficient (Wildman–Crippen LogP) is 4.69. The predicted molar refractivity (Wildman–Crippen MR) is 99.0 cm³/mol. The number of anilines is 3. The molecule has 0 spiro atoms. The van der Waals surface area contributed by atoms with Gasteiger partial charge in [-0.05, 0) is 19.1 Å². The summed E-state index contributed by atoms with van der Waals surface area (Å²) >= 11 is 2.40. The average molecular weight is 412 g/mol. The molecule has 2 N–H and O–H groups in total. The Balaban J connectivity index is 1.70. The molecule has 0 bridgehead atoms. The SMILES string of the molecule is COCc1csc(NC(=O)Oc2nc(C)sc2Nc2cc(F)cc(F)c2)n1. The number of thiazole rings is 2. The van der Waals surface area contributed by atoms with Crippen LogP contribution in [-0.2, 0) is 11.3 Å². The van der Waals surface area contributed by atoms with E-state index in [1.807, 2.05) is 0 Å². The van der Waals surface area contributed by atoms with E-state index in [0.717, 1.165) is 18.2 Å². The van der Waals surface area contributed by atoms with Crippen molar-refractivity contribution >= 4 is 44.6 Å². The summed E-state index contributed by atoms with van der Waals surface area (Å²) in [6.45, 7) is 2.04. The molecule has 0 radical (unpaired) electrons. The molecule has 0 aliphatic heterocycles. The molecule has 0 fully saturated rings. The Morgan fingerprint density at radius 1 is 1.22 bits per heavy atom. The zero-order chi connectivity index (χ0) is 19.4. The van der Waals surface area contributed by atoms with Crippen molar-refractivity contribution in [3.05, 3.63) is 45.9 Å². The van der Waals surface area contributed by atoms with Gasteiger partial charge in [-0.3, -0.25) is 5.32 Å². The summed E-state index contributed by atoms with van der Waals surface area (Å²) in [6, 6.07) is 3.00. The molecule has 1 aromatic carbocycles. The maximum atomic E-state index is 13.3. The molecule has 0 unspecified atom stereocenters. The summed E-state index contributed by atoms with van der Waals surface area (Å²) < 4.78 is 36.9. The van der Waals surface area contributed by atoms with Crippen LogP contribution in [-0.4, -0.2) is 23.2 Å². The van der Waals surface area contributed by atoms with Crippen LogP contribution in [0.25, 0.3) is 0 Å². The van der Waals surface area contributed by atoms with Crippen molar-refractivity contribution in [3.8, 4) is 5.88 Å². The number of benzene rings is 1. The number of nitrogens with zero attached hydrogens (tertiary/aromatic N) is 2. The Hall–Kier alpha value is -2.63. The van der Waals surface area contributed by atoms with Crippen molar-refractivity contribution in [2.24, 2.45) is 0 Å². The van der Waals surface area contributed by atoms with Gasteiger partial charge in [0.25, 0.3) is 5.88 Å². The Labute approximate surface area is 161 Å². The van der Waals surface area contributed by atoms with Crippen molar-refractivity contribution in [1.82, 2.24) is 9.97 Å². The van der Waals surface area contributed by atoms with Gasteiger partial charge in [0.2, 0.25) is 0 Å². The van der Waals surface area contributed by atoms with Gasteiger partial charge < -0.3 is 14.8 Å². The molecule has 3 rings (SSSR count). The van der Waals surface area contributed by atoms with Gasteiger partial charge in [0.15, 0.2) is 10.1 Å². The van der Waals surface area contributed by atoms with Gasteiger partial charge in [-0.2, -0.15) is 0 Å². The van der Waals surface area contributed by atoms with Gasteiger partial charge in [-0.25, -0.2) is 23.5 Å². The van der Waals surface area contributed by atoms with Crippen LogP contribution in [0.4, 0.5) is 29.4 Å². The lowest BCUT2D eigenvalue weighted by molar-refractivity contribution is 0.182. The normalized spacial score (nSPS) is 10.7. The molecule has 2 heterocycles. The number of nitrogens with one attached hydrogen (secondary N) is 2. The van der Waals surface area contributed by atoms with Crippen molar-refractivity contribution < 1.29 is 23.0 Å². The van der Waals surface area contributed by atoms with E-state index >= 15 is 0 Å². The highest BCUT2D eigenvalue weighted by Gasteiger charge is 2.17. The van der Waals surface area contributed by atoms with Crippen LogP contribution in [0, 0.1) is 18.6 Å². The van der Waals surface area contributed by atoms with Crippen molar-refractivity contribution in [2.45, 2.75) is 13.5 Å². The second kappa shape index (κ2) is 8.37. The van der Waals surface area contributed by atoms with E-state index in [1.54, 1.807) is 19.4 Å².